The molecule has 1 aromatic heterocycles. The largest absolute Gasteiger partial charge is 0.416 e. The first-order valence-electron chi connectivity index (χ1n) is 9.25. The summed E-state index contributed by atoms with van der Waals surface area (Å²) in [6.07, 6.45) is -2.65. The van der Waals surface area contributed by atoms with Crippen molar-refractivity contribution in [2.45, 2.75) is 26.2 Å². The van der Waals surface area contributed by atoms with Crippen LogP contribution in [0.1, 0.15) is 21.0 Å². The molecular weight excluding hydrogens is 403 g/mol. The van der Waals surface area contributed by atoms with Gasteiger partial charge in [-0.3, -0.25) is 4.99 Å². The van der Waals surface area contributed by atoms with Gasteiger partial charge >= 0.3 is 6.18 Å². The first-order chi connectivity index (χ1) is 13.9. The predicted octanol–water partition coefficient (Wildman–Crippen LogP) is 3.17. The third-order valence-corrected chi connectivity index (χ3v) is 5.43. The minimum atomic E-state index is -4.44. The molecule has 0 spiro atoms. The molecule has 0 radical (unpaired) electrons. The van der Waals surface area contributed by atoms with Crippen LogP contribution in [0.25, 0.3) is 0 Å². The number of guanidine groups is 1. The Morgan fingerprint density at radius 3 is 2.59 bits per heavy atom. The highest BCUT2D eigenvalue weighted by Crippen LogP contribution is 2.35. The lowest BCUT2D eigenvalue weighted by Crippen LogP contribution is -2.37. The van der Waals surface area contributed by atoms with Crippen molar-refractivity contribution in [1.82, 2.24) is 15.6 Å². The smallest absolute Gasteiger partial charge is 0.378 e. The first-order valence-corrected chi connectivity index (χ1v) is 10.1. The molecule has 0 unspecified atom stereocenters. The Labute approximate surface area is 171 Å². The standard InChI is InChI=1S/C19H24F3N5OS/c1-13-10-24-17(29-13)12-26-18(23-2)25-11-14-3-4-15(9-16(14)19(20,21)22)27-5-7-28-8-6-27/h3-4,9-10H,5-8,11-12H2,1-2H3,(H2,23,25,26). The van der Waals surface area contributed by atoms with Gasteiger partial charge in [0.05, 0.1) is 25.3 Å². The summed E-state index contributed by atoms with van der Waals surface area (Å²) in [5.41, 5.74) is 0.0913. The Balaban J connectivity index is 1.68. The monoisotopic (exact) mass is 427 g/mol. The highest BCUT2D eigenvalue weighted by atomic mass is 32.1. The van der Waals surface area contributed by atoms with Gasteiger partial charge < -0.3 is 20.3 Å². The lowest BCUT2D eigenvalue weighted by atomic mass is 10.0. The molecule has 10 heteroatoms. The Morgan fingerprint density at radius 1 is 1.24 bits per heavy atom. The highest BCUT2D eigenvalue weighted by Gasteiger charge is 2.34. The zero-order chi connectivity index (χ0) is 20.9. The number of hydrogen-bond donors (Lipinski definition) is 2. The minimum Gasteiger partial charge on any atom is -0.378 e. The molecule has 1 aliphatic heterocycles. The summed E-state index contributed by atoms with van der Waals surface area (Å²) in [6.45, 7) is 4.64. The van der Waals surface area contributed by atoms with Crippen LogP contribution in [-0.4, -0.2) is 44.3 Å². The van der Waals surface area contributed by atoms with E-state index < -0.39 is 11.7 Å². The fourth-order valence-electron chi connectivity index (χ4n) is 3.04. The molecule has 1 aromatic carbocycles. The van der Waals surface area contributed by atoms with Crippen molar-refractivity contribution in [2.24, 2.45) is 4.99 Å². The molecule has 0 aliphatic carbocycles. The summed E-state index contributed by atoms with van der Waals surface area (Å²) < 4.78 is 46.2. The second kappa shape index (κ2) is 9.45. The summed E-state index contributed by atoms with van der Waals surface area (Å²) in [5, 5.41) is 6.92. The van der Waals surface area contributed by atoms with Crippen LogP contribution in [0.5, 0.6) is 0 Å². The molecule has 1 fully saturated rings. The zero-order valence-corrected chi connectivity index (χ0v) is 17.2. The SMILES string of the molecule is CN=C(NCc1ncc(C)s1)NCc1ccc(N2CCOCC2)cc1C(F)(F)F. The van der Waals surface area contributed by atoms with Gasteiger partial charge in [0.2, 0.25) is 0 Å². The van der Waals surface area contributed by atoms with Crippen LogP contribution < -0.4 is 15.5 Å². The fourth-order valence-corrected chi connectivity index (χ4v) is 3.77. The molecule has 0 saturated carbocycles. The molecular formula is C19H24F3N5OS. The highest BCUT2D eigenvalue weighted by molar-refractivity contribution is 7.11. The summed E-state index contributed by atoms with van der Waals surface area (Å²) in [7, 11) is 1.58. The van der Waals surface area contributed by atoms with Crippen LogP contribution in [0.2, 0.25) is 0 Å². The van der Waals surface area contributed by atoms with E-state index in [2.05, 4.69) is 20.6 Å². The number of rotatable bonds is 5. The maximum Gasteiger partial charge on any atom is 0.416 e. The van der Waals surface area contributed by atoms with E-state index >= 15 is 0 Å². The molecule has 0 atom stereocenters. The summed E-state index contributed by atoms with van der Waals surface area (Å²) in [4.78, 5) is 11.3. The van der Waals surface area contributed by atoms with Gasteiger partial charge in [-0.15, -0.1) is 11.3 Å². The Bertz CT molecular complexity index is 847. The molecule has 158 valence electrons. The molecule has 2 aromatic rings. The van der Waals surface area contributed by atoms with Gasteiger partial charge in [-0.05, 0) is 24.6 Å². The van der Waals surface area contributed by atoms with Gasteiger partial charge in [-0.1, -0.05) is 6.07 Å². The summed E-state index contributed by atoms with van der Waals surface area (Å²) in [6, 6.07) is 4.47. The van der Waals surface area contributed by atoms with Gasteiger partial charge in [0.25, 0.3) is 0 Å². The maximum atomic E-state index is 13.6. The molecule has 1 aliphatic rings. The van der Waals surface area contributed by atoms with Crippen molar-refractivity contribution in [3.05, 3.63) is 45.4 Å². The van der Waals surface area contributed by atoms with Crippen LogP contribution in [0, 0.1) is 6.92 Å². The van der Waals surface area contributed by atoms with Gasteiger partial charge in [0.15, 0.2) is 5.96 Å². The lowest BCUT2D eigenvalue weighted by Gasteiger charge is -2.29. The average molecular weight is 427 g/mol. The number of nitrogens with one attached hydrogen (secondary N) is 2. The molecule has 3 rings (SSSR count). The number of morpholine rings is 1. The number of ether oxygens (including phenoxy) is 1. The van der Waals surface area contributed by atoms with Crippen LogP contribution >= 0.6 is 11.3 Å². The van der Waals surface area contributed by atoms with Gasteiger partial charge in [0.1, 0.15) is 5.01 Å². The van der Waals surface area contributed by atoms with E-state index in [1.165, 1.54) is 12.1 Å². The molecule has 6 nitrogen and oxygen atoms in total. The van der Waals surface area contributed by atoms with Crippen molar-refractivity contribution >= 4 is 23.0 Å². The van der Waals surface area contributed by atoms with Gasteiger partial charge in [0, 0.05) is 43.4 Å². The maximum absolute atomic E-state index is 13.6. The topological polar surface area (TPSA) is 61.8 Å². The number of halogens is 3. The van der Waals surface area contributed by atoms with Crippen LogP contribution in [-0.2, 0) is 24.0 Å². The Hall–Kier alpha value is -2.33. The number of thiazole rings is 1. The third kappa shape index (κ3) is 5.83. The van der Waals surface area contributed by atoms with E-state index in [4.69, 9.17) is 4.74 Å². The third-order valence-electron chi connectivity index (χ3n) is 4.52. The zero-order valence-electron chi connectivity index (χ0n) is 16.3. The minimum absolute atomic E-state index is 0.00873. The van der Waals surface area contributed by atoms with Crippen molar-refractivity contribution in [3.8, 4) is 0 Å². The van der Waals surface area contributed by atoms with Crippen molar-refractivity contribution in [2.75, 3.05) is 38.3 Å². The Kier molecular flexibility index (Phi) is 6.96. The second-order valence-electron chi connectivity index (χ2n) is 6.58. The number of benzene rings is 1. The average Bonchev–Trinajstić information content (AvgIpc) is 3.13. The number of aromatic nitrogens is 1. The van der Waals surface area contributed by atoms with Crippen LogP contribution in [0.4, 0.5) is 18.9 Å². The number of hydrogen-bond acceptors (Lipinski definition) is 5. The van der Waals surface area contributed by atoms with Crippen molar-refractivity contribution < 1.29 is 17.9 Å². The number of nitrogens with zero attached hydrogens (tertiary/aromatic N) is 3. The summed E-state index contributed by atoms with van der Waals surface area (Å²) in [5.74, 6) is 0.420. The first kappa shape index (κ1) is 21.4. The van der Waals surface area contributed by atoms with Crippen molar-refractivity contribution in [3.63, 3.8) is 0 Å². The van der Waals surface area contributed by atoms with Crippen molar-refractivity contribution in [1.29, 1.82) is 0 Å². The molecule has 2 heterocycles. The van der Waals surface area contributed by atoms with E-state index in [0.717, 1.165) is 9.88 Å². The molecule has 1 saturated heterocycles. The predicted molar refractivity (Wildman–Crippen MR) is 108 cm³/mol. The normalized spacial score (nSPS) is 15.5. The molecule has 2 N–H and O–H groups in total. The number of aryl methyl sites for hydroxylation is 1. The van der Waals surface area contributed by atoms with Gasteiger partial charge in [-0.25, -0.2) is 4.98 Å². The second-order valence-corrected chi connectivity index (χ2v) is 7.90. The fraction of sp³-hybridized carbons (Fsp3) is 0.474. The Morgan fingerprint density at radius 2 is 1.97 bits per heavy atom. The van der Waals surface area contributed by atoms with E-state index in [1.54, 1.807) is 30.6 Å². The van der Waals surface area contributed by atoms with E-state index in [1.807, 2.05) is 11.8 Å². The van der Waals surface area contributed by atoms with Gasteiger partial charge in [-0.2, -0.15) is 13.2 Å². The van der Waals surface area contributed by atoms with E-state index in [-0.39, 0.29) is 12.1 Å². The number of aliphatic imine (C=N–C) groups is 1. The van der Waals surface area contributed by atoms with E-state index in [9.17, 15) is 13.2 Å². The van der Waals surface area contributed by atoms with Crippen LogP contribution in [0.15, 0.2) is 29.4 Å². The molecule has 0 bridgehead atoms. The van der Waals surface area contributed by atoms with E-state index in [0.29, 0.717) is 44.5 Å². The number of alkyl halides is 3. The quantitative estimate of drug-likeness (QED) is 0.567. The van der Waals surface area contributed by atoms with Crippen LogP contribution in [0.3, 0.4) is 0 Å². The molecule has 0 amide bonds. The summed E-state index contributed by atoms with van der Waals surface area (Å²) >= 11 is 1.56. The lowest BCUT2D eigenvalue weighted by molar-refractivity contribution is -0.138. The molecule has 29 heavy (non-hydrogen) atoms. The number of anilines is 1.